The Kier molecular flexibility index (Phi) is 3.61. The van der Waals surface area contributed by atoms with Gasteiger partial charge in [-0.1, -0.05) is 6.07 Å². The summed E-state index contributed by atoms with van der Waals surface area (Å²) in [6, 6.07) is 6.44. The lowest BCUT2D eigenvalue weighted by molar-refractivity contribution is -0.125. The molecule has 1 saturated carbocycles. The maximum absolute atomic E-state index is 12.2. The quantitative estimate of drug-likeness (QED) is 0.863. The molecule has 2 heterocycles. The van der Waals surface area contributed by atoms with Crippen LogP contribution in [-0.2, 0) is 4.79 Å². The predicted molar refractivity (Wildman–Crippen MR) is 76.7 cm³/mol. The van der Waals surface area contributed by atoms with Crippen molar-refractivity contribution in [3.05, 3.63) is 23.8 Å². The van der Waals surface area contributed by atoms with Crippen molar-refractivity contribution in [3.8, 4) is 11.5 Å². The molecule has 1 saturated heterocycles. The number of nitrogens with one attached hydrogen (secondary N) is 1. The van der Waals surface area contributed by atoms with Gasteiger partial charge in [-0.05, 0) is 30.5 Å². The Morgan fingerprint density at radius 2 is 2.05 bits per heavy atom. The fourth-order valence-corrected chi connectivity index (χ4v) is 3.67. The molecule has 0 aromatic heterocycles. The van der Waals surface area contributed by atoms with E-state index in [9.17, 15) is 4.79 Å². The second kappa shape index (κ2) is 5.26. The number of Topliss-reactive ketones (excluding diaryl/α,β-unsaturated/α-hetero) is 1. The van der Waals surface area contributed by atoms with Crippen molar-refractivity contribution in [2.75, 3.05) is 13.3 Å². The second-order valence-electron chi connectivity index (χ2n) is 5.62. The number of carbonyl (C=O) groups is 1. The molecule has 0 bridgehead atoms. The van der Waals surface area contributed by atoms with Crippen LogP contribution in [0.3, 0.4) is 0 Å². The summed E-state index contributed by atoms with van der Waals surface area (Å²) in [5, 5.41) is 3.51. The summed E-state index contributed by atoms with van der Waals surface area (Å²) in [5.74, 6) is 2.47. The number of hydrogen-bond acceptors (Lipinski definition) is 4. The van der Waals surface area contributed by atoms with Crippen molar-refractivity contribution in [2.24, 2.45) is 5.92 Å². The molecule has 1 aromatic carbocycles. The largest absolute Gasteiger partial charge is 0.454 e. The summed E-state index contributed by atoms with van der Waals surface area (Å²) < 4.78 is 10.8. The molecule has 0 amide bonds. The summed E-state index contributed by atoms with van der Waals surface area (Å²) in [4.78, 5) is 12.2. The van der Waals surface area contributed by atoms with Gasteiger partial charge in [0.05, 0.1) is 0 Å². The summed E-state index contributed by atoms with van der Waals surface area (Å²) in [5.41, 5.74) is 1.19. The zero-order valence-corrected chi connectivity index (χ0v) is 11.9. The summed E-state index contributed by atoms with van der Waals surface area (Å²) >= 11 is 0. The SMILES string of the molecule is Cl.O=C1CCCC2NCC(c3ccc4c(c3)OCO4)C12. The highest BCUT2D eigenvalue weighted by atomic mass is 35.5. The van der Waals surface area contributed by atoms with E-state index < -0.39 is 0 Å². The summed E-state index contributed by atoms with van der Waals surface area (Å²) in [6.45, 7) is 1.19. The Morgan fingerprint density at radius 3 is 2.95 bits per heavy atom. The van der Waals surface area contributed by atoms with Gasteiger partial charge in [0.15, 0.2) is 11.5 Å². The van der Waals surface area contributed by atoms with Gasteiger partial charge in [-0.25, -0.2) is 0 Å². The number of rotatable bonds is 1. The Hall–Kier alpha value is -1.26. The predicted octanol–water partition coefficient (Wildman–Crippen LogP) is 2.26. The van der Waals surface area contributed by atoms with Crippen LogP contribution in [0.25, 0.3) is 0 Å². The standard InChI is InChI=1S/C15H17NO3.ClH/c17-12-3-1-2-11-15(12)10(7-16-11)9-4-5-13-14(6-9)19-8-18-13;/h4-6,10-11,15-16H,1-3,7-8H2;1H. The third-order valence-electron chi connectivity index (χ3n) is 4.60. The molecule has 2 fully saturated rings. The third-order valence-corrected chi connectivity index (χ3v) is 4.60. The molecule has 5 heteroatoms. The van der Waals surface area contributed by atoms with Gasteiger partial charge in [-0.15, -0.1) is 12.4 Å². The van der Waals surface area contributed by atoms with E-state index >= 15 is 0 Å². The molecule has 2 aliphatic heterocycles. The minimum atomic E-state index is 0. The topological polar surface area (TPSA) is 47.6 Å². The van der Waals surface area contributed by atoms with E-state index in [1.807, 2.05) is 12.1 Å². The van der Waals surface area contributed by atoms with Crippen LogP contribution in [0.2, 0.25) is 0 Å². The second-order valence-corrected chi connectivity index (χ2v) is 5.62. The van der Waals surface area contributed by atoms with Gasteiger partial charge >= 0.3 is 0 Å². The maximum atomic E-state index is 12.2. The lowest BCUT2D eigenvalue weighted by atomic mass is 9.76. The fourth-order valence-electron chi connectivity index (χ4n) is 3.67. The van der Waals surface area contributed by atoms with E-state index in [0.29, 0.717) is 18.6 Å². The van der Waals surface area contributed by atoms with Crippen LogP contribution in [-0.4, -0.2) is 25.2 Å². The smallest absolute Gasteiger partial charge is 0.231 e. The number of ether oxygens (including phenoxy) is 2. The van der Waals surface area contributed by atoms with Gasteiger partial charge in [0.1, 0.15) is 5.78 Å². The Bertz CT molecular complexity index is 534. The van der Waals surface area contributed by atoms with Gasteiger partial charge in [-0.3, -0.25) is 4.79 Å². The van der Waals surface area contributed by atoms with Crippen LogP contribution in [0.15, 0.2) is 18.2 Å². The lowest BCUT2D eigenvalue weighted by Gasteiger charge is -2.27. The molecule has 1 aromatic rings. The number of fused-ring (bicyclic) bond motifs is 2. The normalized spacial score (nSPS) is 30.8. The van der Waals surface area contributed by atoms with E-state index in [2.05, 4.69) is 11.4 Å². The lowest BCUT2D eigenvalue weighted by Crippen LogP contribution is -2.36. The first-order valence-electron chi connectivity index (χ1n) is 6.98. The van der Waals surface area contributed by atoms with Crippen LogP contribution in [0, 0.1) is 5.92 Å². The minimum absolute atomic E-state index is 0. The van der Waals surface area contributed by atoms with E-state index in [4.69, 9.17) is 9.47 Å². The number of carbonyl (C=O) groups excluding carboxylic acids is 1. The molecular weight excluding hydrogens is 278 g/mol. The number of benzene rings is 1. The monoisotopic (exact) mass is 295 g/mol. The van der Waals surface area contributed by atoms with E-state index in [1.54, 1.807) is 0 Å². The summed E-state index contributed by atoms with van der Waals surface area (Å²) in [6.07, 6.45) is 2.89. The first kappa shape index (κ1) is 13.7. The van der Waals surface area contributed by atoms with Crippen molar-refractivity contribution in [1.29, 1.82) is 0 Å². The number of hydrogen-bond donors (Lipinski definition) is 1. The Morgan fingerprint density at radius 1 is 1.20 bits per heavy atom. The van der Waals surface area contributed by atoms with E-state index in [1.165, 1.54) is 5.56 Å². The highest BCUT2D eigenvalue weighted by molar-refractivity contribution is 5.85. The zero-order valence-electron chi connectivity index (χ0n) is 11.1. The van der Waals surface area contributed by atoms with Crippen molar-refractivity contribution < 1.29 is 14.3 Å². The fraction of sp³-hybridized carbons (Fsp3) is 0.533. The molecule has 3 aliphatic rings. The molecule has 20 heavy (non-hydrogen) atoms. The van der Waals surface area contributed by atoms with Gasteiger partial charge in [-0.2, -0.15) is 0 Å². The summed E-state index contributed by atoms with van der Waals surface area (Å²) in [7, 11) is 0. The molecule has 0 radical (unpaired) electrons. The zero-order chi connectivity index (χ0) is 12.8. The minimum Gasteiger partial charge on any atom is -0.454 e. The number of halogens is 1. The van der Waals surface area contributed by atoms with E-state index in [0.717, 1.165) is 37.3 Å². The molecule has 3 atom stereocenters. The average Bonchev–Trinajstić information content (AvgIpc) is 3.04. The van der Waals surface area contributed by atoms with Crippen molar-refractivity contribution in [2.45, 2.75) is 31.2 Å². The molecule has 1 N–H and O–H groups in total. The molecule has 1 aliphatic carbocycles. The molecule has 3 unspecified atom stereocenters. The van der Waals surface area contributed by atoms with Gasteiger partial charge in [0, 0.05) is 30.8 Å². The highest BCUT2D eigenvalue weighted by Gasteiger charge is 2.43. The molecule has 4 rings (SSSR count). The van der Waals surface area contributed by atoms with Gasteiger partial charge in [0.2, 0.25) is 6.79 Å². The molecule has 4 nitrogen and oxygen atoms in total. The van der Waals surface area contributed by atoms with E-state index in [-0.39, 0.29) is 24.2 Å². The molecular formula is C15H18ClNO3. The van der Waals surface area contributed by atoms with Crippen molar-refractivity contribution >= 4 is 18.2 Å². The van der Waals surface area contributed by atoms with Crippen LogP contribution in [0.4, 0.5) is 0 Å². The third kappa shape index (κ3) is 2.07. The molecule has 108 valence electrons. The molecule has 0 spiro atoms. The highest BCUT2D eigenvalue weighted by Crippen LogP contribution is 2.41. The van der Waals surface area contributed by atoms with Crippen molar-refractivity contribution in [1.82, 2.24) is 5.32 Å². The van der Waals surface area contributed by atoms with Gasteiger partial charge in [0.25, 0.3) is 0 Å². The van der Waals surface area contributed by atoms with Crippen LogP contribution in [0.1, 0.15) is 30.7 Å². The first-order chi connectivity index (χ1) is 9.33. The Labute approximate surface area is 124 Å². The average molecular weight is 296 g/mol. The van der Waals surface area contributed by atoms with Crippen LogP contribution < -0.4 is 14.8 Å². The van der Waals surface area contributed by atoms with Crippen molar-refractivity contribution in [3.63, 3.8) is 0 Å². The number of ketones is 1. The van der Waals surface area contributed by atoms with Crippen LogP contribution in [0.5, 0.6) is 11.5 Å². The van der Waals surface area contributed by atoms with Crippen LogP contribution >= 0.6 is 12.4 Å². The maximum Gasteiger partial charge on any atom is 0.231 e. The van der Waals surface area contributed by atoms with Gasteiger partial charge < -0.3 is 14.8 Å². The first-order valence-corrected chi connectivity index (χ1v) is 6.98. The Balaban J connectivity index is 0.00000121.